The molecular weight excluding hydrogens is 234 g/mol. The van der Waals surface area contributed by atoms with Crippen LogP contribution in [-0.2, 0) is 4.74 Å². The number of carbonyl (C=O) groups excluding carboxylic acids is 1. The topological polar surface area (TPSA) is 59.0 Å². The Balaban J connectivity index is 2.45. The number of benzene rings is 1. The number of hydrogen-bond donors (Lipinski definition) is 1. The standard InChI is InChI=1S/C13H17NO4/c1-17-11-8-9(13(16)18-2)7-10(12(11)15)14-5-3-4-6-14/h7-8,15H,3-6H2,1-2H3. The number of hydrogen-bond acceptors (Lipinski definition) is 5. The lowest BCUT2D eigenvalue weighted by atomic mass is 10.1. The Kier molecular flexibility index (Phi) is 3.60. The Morgan fingerprint density at radius 2 is 1.94 bits per heavy atom. The molecule has 0 saturated carbocycles. The molecule has 0 aliphatic carbocycles. The van der Waals surface area contributed by atoms with Crippen molar-refractivity contribution >= 4 is 11.7 Å². The predicted molar refractivity (Wildman–Crippen MR) is 67.4 cm³/mol. The number of rotatable bonds is 3. The smallest absolute Gasteiger partial charge is 0.338 e. The molecule has 0 spiro atoms. The molecular formula is C13H17NO4. The Hall–Kier alpha value is -1.91. The summed E-state index contributed by atoms with van der Waals surface area (Å²) in [6.45, 7) is 1.75. The van der Waals surface area contributed by atoms with E-state index in [1.807, 2.05) is 4.90 Å². The van der Waals surface area contributed by atoms with Crippen LogP contribution in [0.3, 0.4) is 0 Å². The van der Waals surface area contributed by atoms with E-state index in [1.54, 1.807) is 6.07 Å². The molecule has 1 heterocycles. The third kappa shape index (κ3) is 2.20. The van der Waals surface area contributed by atoms with Gasteiger partial charge in [-0.1, -0.05) is 0 Å². The summed E-state index contributed by atoms with van der Waals surface area (Å²) in [7, 11) is 2.79. The Bertz CT molecular complexity index is 453. The summed E-state index contributed by atoms with van der Waals surface area (Å²) >= 11 is 0. The van der Waals surface area contributed by atoms with Crippen molar-refractivity contribution in [2.75, 3.05) is 32.2 Å². The van der Waals surface area contributed by atoms with Crippen molar-refractivity contribution in [2.24, 2.45) is 0 Å². The number of ether oxygens (including phenoxy) is 2. The minimum absolute atomic E-state index is 0.0760. The zero-order chi connectivity index (χ0) is 13.1. The fraction of sp³-hybridized carbons (Fsp3) is 0.462. The zero-order valence-corrected chi connectivity index (χ0v) is 10.6. The number of methoxy groups -OCH3 is 2. The number of phenols is 1. The molecule has 1 fully saturated rings. The molecule has 1 aliphatic heterocycles. The quantitative estimate of drug-likeness (QED) is 0.830. The van der Waals surface area contributed by atoms with Crippen LogP contribution in [0.25, 0.3) is 0 Å². The first-order chi connectivity index (χ1) is 8.67. The highest BCUT2D eigenvalue weighted by atomic mass is 16.5. The molecule has 98 valence electrons. The number of esters is 1. The average Bonchev–Trinajstić information content (AvgIpc) is 2.92. The summed E-state index contributed by atoms with van der Waals surface area (Å²) in [5.74, 6) is -0.0689. The van der Waals surface area contributed by atoms with Crippen LogP contribution in [0.5, 0.6) is 11.5 Å². The molecule has 5 heteroatoms. The van der Waals surface area contributed by atoms with Gasteiger partial charge >= 0.3 is 5.97 Å². The maximum Gasteiger partial charge on any atom is 0.338 e. The number of anilines is 1. The van der Waals surface area contributed by atoms with Gasteiger partial charge in [-0.25, -0.2) is 4.79 Å². The van der Waals surface area contributed by atoms with E-state index in [2.05, 4.69) is 0 Å². The van der Waals surface area contributed by atoms with E-state index in [0.29, 0.717) is 17.0 Å². The number of carbonyl (C=O) groups is 1. The largest absolute Gasteiger partial charge is 0.503 e. The van der Waals surface area contributed by atoms with Crippen LogP contribution < -0.4 is 9.64 Å². The highest BCUT2D eigenvalue weighted by Crippen LogP contribution is 2.39. The number of aromatic hydroxyl groups is 1. The summed E-state index contributed by atoms with van der Waals surface area (Å²) in [5.41, 5.74) is 1.02. The van der Waals surface area contributed by atoms with Crippen molar-refractivity contribution in [1.29, 1.82) is 0 Å². The van der Waals surface area contributed by atoms with E-state index in [4.69, 9.17) is 9.47 Å². The van der Waals surface area contributed by atoms with E-state index in [0.717, 1.165) is 25.9 Å². The summed E-state index contributed by atoms with van der Waals surface area (Å²) in [5, 5.41) is 10.1. The fourth-order valence-corrected chi connectivity index (χ4v) is 2.18. The second kappa shape index (κ2) is 5.16. The van der Waals surface area contributed by atoms with Gasteiger partial charge in [-0.05, 0) is 25.0 Å². The van der Waals surface area contributed by atoms with Crippen LogP contribution in [0.4, 0.5) is 5.69 Å². The lowest BCUT2D eigenvalue weighted by Crippen LogP contribution is -2.18. The van der Waals surface area contributed by atoms with Crippen LogP contribution in [0.2, 0.25) is 0 Å². The summed E-state index contributed by atoms with van der Waals surface area (Å²) in [6.07, 6.45) is 2.18. The molecule has 0 atom stereocenters. The van der Waals surface area contributed by atoms with E-state index >= 15 is 0 Å². The second-order valence-corrected chi connectivity index (χ2v) is 4.23. The molecule has 0 aromatic heterocycles. The first-order valence-corrected chi connectivity index (χ1v) is 5.91. The van der Waals surface area contributed by atoms with Gasteiger partial charge in [0.25, 0.3) is 0 Å². The number of phenolic OH excluding ortho intramolecular Hbond substituents is 1. The van der Waals surface area contributed by atoms with E-state index in [1.165, 1.54) is 20.3 Å². The van der Waals surface area contributed by atoms with E-state index in [-0.39, 0.29) is 5.75 Å². The van der Waals surface area contributed by atoms with Crippen LogP contribution in [0.15, 0.2) is 12.1 Å². The lowest BCUT2D eigenvalue weighted by Gasteiger charge is -2.21. The van der Waals surface area contributed by atoms with Crippen molar-refractivity contribution in [2.45, 2.75) is 12.8 Å². The second-order valence-electron chi connectivity index (χ2n) is 4.23. The molecule has 1 N–H and O–H groups in total. The highest BCUT2D eigenvalue weighted by molar-refractivity contribution is 5.92. The van der Waals surface area contributed by atoms with Gasteiger partial charge in [-0.2, -0.15) is 0 Å². The maximum absolute atomic E-state index is 11.6. The van der Waals surface area contributed by atoms with Crippen molar-refractivity contribution in [1.82, 2.24) is 0 Å². The molecule has 18 heavy (non-hydrogen) atoms. The average molecular weight is 251 g/mol. The molecule has 1 aromatic carbocycles. The summed E-state index contributed by atoms with van der Waals surface area (Å²) in [4.78, 5) is 13.6. The molecule has 1 aliphatic rings. The van der Waals surface area contributed by atoms with Gasteiger partial charge in [0.05, 0.1) is 25.5 Å². The normalized spacial score (nSPS) is 14.7. The van der Waals surface area contributed by atoms with Crippen molar-refractivity contribution in [3.05, 3.63) is 17.7 Å². The number of nitrogens with zero attached hydrogens (tertiary/aromatic N) is 1. The third-order valence-corrected chi connectivity index (χ3v) is 3.14. The lowest BCUT2D eigenvalue weighted by molar-refractivity contribution is 0.0600. The molecule has 1 saturated heterocycles. The fourth-order valence-electron chi connectivity index (χ4n) is 2.18. The maximum atomic E-state index is 11.6. The van der Waals surface area contributed by atoms with Gasteiger partial charge < -0.3 is 19.5 Å². The summed E-state index contributed by atoms with van der Waals surface area (Å²) in [6, 6.07) is 3.13. The molecule has 5 nitrogen and oxygen atoms in total. The highest BCUT2D eigenvalue weighted by Gasteiger charge is 2.21. The molecule has 0 radical (unpaired) electrons. The third-order valence-electron chi connectivity index (χ3n) is 3.14. The molecule has 0 bridgehead atoms. The van der Waals surface area contributed by atoms with E-state index < -0.39 is 5.97 Å². The van der Waals surface area contributed by atoms with Gasteiger partial charge in [-0.3, -0.25) is 0 Å². The molecule has 0 unspecified atom stereocenters. The van der Waals surface area contributed by atoms with Crippen LogP contribution >= 0.6 is 0 Å². The Morgan fingerprint density at radius 1 is 1.28 bits per heavy atom. The van der Waals surface area contributed by atoms with Gasteiger partial charge in [0.1, 0.15) is 0 Å². The van der Waals surface area contributed by atoms with Gasteiger partial charge in [-0.15, -0.1) is 0 Å². The van der Waals surface area contributed by atoms with Crippen LogP contribution in [0.1, 0.15) is 23.2 Å². The van der Waals surface area contributed by atoms with Crippen LogP contribution in [0, 0.1) is 0 Å². The minimum Gasteiger partial charge on any atom is -0.503 e. The van der Waals surface area contributed by atoms with E-state index in [9.17, 15) is 9.90 Å². The van der Waals surface area contributed by atoms with Crippen LogP contribution in [-0.4, -0.2) is 38.4 Å². The zero-order valence-electron chi connectivity index (χ0n) is 10.6. The first kappa shape index (κ1) is 12.5. The molecule has 1 aromatic rings. The van der Waals surface area contributed by atoms with Crippen molar-refractivity contribution < 1.29 is 19.4 Å². The minimum atomic E-state index is -0.436. The summed E-state index contributed by atoms with van der Waals surface area (Å²) < 4.78 is 9.79. The molecule has 2 rings (SSSR count). The molecule has 0 amide bonds. The van der Waals surface area contributed by atoms with Crippen molar-refractivity contribution in [3.8, 4) is 11.5 Å². The predicted octanol–water partition coefficient (Wildman–Crippen LogP) is 1.79. The monoisotopic (exact) mass is 251 g/mol. The van der Waals surface area contributed by atoms with Gasteiger partial charge in [0.2, 0.25) is 0 Å². The van der Waals surface area contributed by atoms with Gasteiger partial charge in [0, 0.05) is 13.1 Å². The Labute approximate surface area is 106 Å². The van der Waals surface area contributed by atoms with Gasteiger partial charge in [0.15, 0.2) is 11.5 Å². The first-order valence-electron chi connectivity index (χ1n) is 5.91. The Morgan fingerprint density at radius 3 is 2.50 bits per heavy atom. The van der Waals surface area contributed by atoms with Crippen molar-refractivity contribution in [3.63, 3.8) is 0 Å². The SMILES string of the molecule is COC(=O)c1cc(OC)c(O)c(N2CCCC2)c1.